The lowest BCUT2D eigenvalue weighted by atomic mass is 9.58. The lowest BCUT2D eigenvalue weighted by Gasteiger charge is -2.50. The van der Waals surface area contributed by atoms with Crippen LogP contribution in [0.4, 0.5) is 0 Å². The lowest BCUT2D eigenvalue weighted by molar-refractivity contribution is 0.184. The van der Waals surface area contributed by atoms with E-state index >= 15 is 0 Å². The van der Waals surface area contributed by atoms with Crippen LogP contribution in [-0.4, -0.2) is 18.8 Å². The highest BCUT2D eigenvalue weighted by Crippen LogP contribution is 2.48. The molecule has 0 saturated heterocycles. The number of halogens is 1. The second-order valence-electron chi connectivity index (χ2n) is 5.78. The first-order chi connectivity index (χ1) is 9.67. The van der Waals surface area contributed by atoms with Gasteiger partial charge in [0.15, 0.2) is 0 Å². The molecule has 1 aromatic carbocycles. The minimum atomic E-state index is 0.0728. The molecule has 4 heteroatoms. The van der Waals surface area contributed by atoms with Crippen LogP contribution in [0.25, 0.3) is 0 Å². The highest BCUT2D eigenvalue weighted by atomic mass is 35.5. The Hall–Kier alpha value is -1.32. The SMILES string of the molecule is N=CC1=C(N)C(C2(c3ccc(Cl)cc3)CCC2)NCC1. The molecule has 0 spiro atoms. The van der Waals surface area contributed by atoms with E-state index in [9.17, 15) is 0 Å². The Kier molecular flexibility index (Phi) is 3.57. The van der Waals surface area contributed by atoms with Crippen LogP contribution in [0.3, 0.4) is 0 Å². The van der Waals surface area contributed by atoms with E-state index in [1.54, 1.807) is 0 Å². The van der Waals surface area contributed by atoms with E-state index in [4.69, 9.17) is 22.7 Å². The highest BCUT2D eigenvalue weighted by molar-refractivity contribution is 6.30. The minimum Gasteiger partial charge on any atom is -0.400 e. The Labute approximate surface area is 124 Å². The molecular weight excluding hydrogens is 270 g/mol. The van der Waals surface area contributed by atoms with Gasteiger partial charge >= 0.3 is 0 Å². The molecule has 4 N–H and O–H groups in total. The van der Waals surface area contributed by atoms with Gasteiger partial charge in [-0.3, -0.25) is 0 Å². The maximum absolute atomic E-state index is 7.52. The first-order valence-electron chi connectivity index (χ1n) is 7.16. The summed E-state index contributed by atoms with van der Waals surface area (Å²) in [6.07, 6.45) is 5.77. The summed E-state index contributed by atoms with van der Waals surface area (Å²) in [5, 5.41) is 11.9. The maximum Gasteiger partial charge on any atom is 0.0569 e. The fraction of sp³-hybridized carbons (Fsp3) is 0.438. The predicted octanol–water partition coefficient (Wildman–Crippen LogP) is 2.99. The van der Waals surface area contributed by atoms with E-state index in [1.165, 1.54) is 18.2 Å². The van der Waals surface area contributed by atoms with Crippen molar-refractivity contribution in [1.29, 1.82) is 5.41 Å². The van der Waals surface area contributed by atoms with E-state index in [2.05, 4.69) is 17.4 Å². The van der Waals surface area contributed by atoms with Crippen molar-refractivity contribution in [1.82, 2.24) is 5.32 Å². The van der Waals surface area contributed by atoms with Crippen molar-refractivity contribution in [3.8, 4) is 0 Å². The normalized spacial score (nSPS) is 25.1. The molecule has 0 radical (unpaired) electrons. The van der Waals surface area contributed by atoms with Crippen LogP contribution >= 0.6 is 11.6 Å². The second kappa shape index (κ2) is 5.23. The van der Waals surface area contributed by atoms with E-state index < -0.39 is 0 Å². The summed E-state index contributed by atoms with van der Waals surface area (Å²) in [4.78, 5) is 0. The molecule has 1 aliphatic carbocycles. The summed E-state index contributed by atoms with van der Waals surface area (Å²) in [6.45, 7) is 0.894. The summed E-state index contributed by atoms with van der Waals surface area (Å²) in [5.41, 5.74) is 9.54. The van der Waals surface area contributed by atoms with E-state index in [0.717, 1.165) is 42.1 Å². The molecule has 1 fully saturated rings. The van der Waals surface area contributed by atoms with Crippen molar-refractivity contribution in [2.75, 3.05) is 6.54 Å². The topological polar surface area (TPSA) is 61.9 Å². The summed E-state index contributed by atoms with van der Waals surface area (Å²) in [7, 11) is 0. The number of hydrogen-bond acceptors (Lipinski definition) is 3. The molecule has 2 aliphatic rings. The Morgan fingerprint density at radius 2 is 2.00 bits per heavy atom. The molecule has 0 aromatic heterocycles. The molecule has 106 valence electrons. The van der Waals surface area contributed by atoms with E-state index in [0.29, 0.717) is 0 Å². The fourth-order valence-corrected chi connectivity index (χ4v) is 3.65. The second-order valence-corrected chi connectivity index (χ2v) is 6.22. The molecule has 1 saturated carbocycles. The van der Waals surface area contributed by atoms with Gasteiger partial charge in [-0.05, 0) is 49.1 Å². The smallest absolute Gasteiger partial charge is 0.0569 e. The zero-order valence-electron chi connectivity index (χ0n) is 11.5. The largest absolute Gasteiger partial charge is 0.400 e. The van der Waals surface area contributed by atoms with Gasteiger partial charge in [0.05, 0.1) is 6.04 Å². The van der Waals surface area contributed by atoms with Gasteiger partial charge in [-0.25, -0.2) is 0 Å². The maximum atomic E-state index is 7.52. The Balaban J connectivity index is 2.01. The Morgan fingerprint density at radius 3 is 2.55 bits per heavy atom. The molecule has 1 aliphatic heterocycles. The number of benzene rings is 1. The van der Waals surface area contributed by atoms with Crippen LogP contribution in [0.1, 0.15) is 31.2 Å². The number of rotatable bonds is 3. The number of hydrogen-bond donors (Lipinski definition) is 3. The van der Waals surface area contributed by atoms with Crippen LogP contribution < -0.4 is 11.1 Å². The molecule has 1 unspecified atom stereocenters. The highest BCUT2D eigenvalue weighted by Gasteiger charge is 2.47. The molecule has 3 rings (SSSR count). The summed E-state index contributed by atoms with van der Waals surface area (Å²) < 4.78 is 0. The first-order valence-corrected chi connectivity index (χ1v) is 7.53. The molecule has 3 nitrogen and oxygen atoms in total. The van der Waals surface area contributed by atoms with Gasteiger partial charge < -0.3 is 16.5 Å². The summed E-state index contributed by atoms with van der Waals surface area (Å²) in [5.74, 6) is 0. The molecule has 1 atom stereocenters. The average molecular weight is 290 g/mol. The zero-order valence-corrected chi connectivity index (χ0v) is 12.2. The molecule has 20 heavy (non-hydrogen) atoms. The van der Waals surface area contributed by atoms with Gasteiger partial charge in [-0.2, -0.15) is 0 Å². The molecule has 0 amide bonds. The van der Waals surface area contributed by atoms with Crippen molar-refractivity contribution in [3.05, 3.63) is 46.1 Å². The van der Waals surface area contributed by atoms with Crippen molar-refractivity contribution in [3.63, 3.8) is 0 Å². The molecule has 1 heterocycles. The van der Waals surface area contributed by atoms with Gasteiger partial charge in [0.2, 0.25) is 0 Å². The third kappa shape index (κ3) is 2.05. The monoisotopic (exact) mass is 289 g/mol. The lowest BCUT2D eigenvalue weighted by Crippen LogP contribution is -2.57. The summed E-state index contributed by atoms with van der Waals surface area (Å²) >= 11 is 6.00. The van der Waals surface area contributed by atoms with Gasteiger partial charge in [0, 0.05) is 22.3 Å². The van der Waals surface area contributed by atoms with Crippen LogP contribution in [0, 0.1) is 5.41 Å². The third-order valence-electron chi connectivity index (χ3n) is 4.82. The van der Waals surface area contributed by atoms with Gasteiger partial charge in [0.1, 0.15) is 0 Å². The van der Waals surface area contributed by atoms with Crippen molar-refractivity contribution < 1.29 is 0 Å². The van der Waals surface area contributed by atoms with Gasteiger partial charge in [-0.1, -0.05) is 30.2 Å². The Bertz CT molecular complexity index is 543. The zero-order chi connectivity index (χ0) is 14.2. The standard InChI is InChI=1S/C16H20ClN3/c17-13-4-2-12(3-5-13)16(7-1-8-16)15-14(19)11(10-18)6-9-20-15/h2-5,10,15,18,20H,1,6-9,19H2. The van der Waals surface area contributed by atoms with Crippen LogP contribution in [0.2, 0.25) is 5.02 Å². The first kappa shape index (κ1) is 13.7. The molecule has 1 aromatic rings. The molecular formula is C16H20ClN3. The number of nitrogens with one attached hydrogen (secondary N) is 2. The summed E-state index contributed by atoms with van der Waals surface area (Å²) in [6, 6.07) is 8.29. The van der Waals surface area contributed by atoms with Crippen molar-refractivity contribution in [2.45, 2.75) is 37.1 Å². The molecule has 0 bridgehead atoms. The van der Waals surface area contributed by atoms with Crippen LogP contribution in [0.5, 0.6) is 0 Å². The predicted molar refractivity (Wildman–Crippen MR) is 83.4 cm³/mol. The average Bonchev–Trinajstić information content (AvgIpc) is 2.41. The van der Waals surface area contributed by atoms with Crippen LogP contribution in [0.15, 0.2) is 35.5 Å². The van der Waals surface area contributed by atoms with Crippen molar-refractivity contribution in [2.24, 2.45) is 5.73 Å². The third-order valence-corrected chi connectivity index (χ3v) is 5.07. The van der Waals surface area contributed by atoms with Gasteiger partial charge in [-0.15, -0.1) is 0 Å². The van der Waals surface area contributed by atoms with Gasteiger partial charge in [0.25, 0.3) is 0 Å². The van der Waals surface area contributed by atoms with E-state index in [-0.39, 0.29) is 11.5 Å². The fourth-order valence-electron chi connectivity index (χ4n) is 3.52. The van der Waals surface area contributed by atoms with Crippen molar-refractivity contribution >= 4 is 17.8 Å². The number of nitrogens with two attached hydrogens (primary N) is 1. The quantitative estimate of drug-likeness (QED) is 0.749. The Morgan fingerprint density at radius 1 is 1.30 bits per heavy atom. The minimum absolute atomic E-state index is 0.0728. The van der Waals surface area contributed by atoms with Crippen LogP contribution in [-0.2, 0) is 5.41 Å². The van der Waals surface area contributed by atoms with E-state index in [1.807, 2.05) is 12.1 Å².